The van der Waals surface area contributed by atoms with Crippen LogP contribution >= 0.6 is 0 Å². The summed E-state index contributed by atoms with van der Waals surface area (Å²) < 4.78 is 5.36. The Balaban J connectivity index is 2.12. The van der Waals surface area contributed by atoms with Gasteiger partial charge in [0.1, 0.15) is 5.60 Å². The third-order valence-corrected chi connectivity index (χ3v) is 3.11. The molecule has 0 aromatic carbocycles. The van der Waals surface area contributed by atoms with Gasteiger partial charge in [0.05, 0.1) is 12.2 Å². The van der Waals surface area contributed by atoms with Crippen molar-refractivity contribution in [2.24, 2.45) is 0 Å². The largest absolute Gasteiger partial charge is 0.444 e. The minimum Gasteiger partial charge on any atom is -0.444 e. The molecule has 5 heteroatoms. The minimum absolute atomic E-state index is 0.00914. The summed E-state index contributed by atoms with van der Waals surface area (Å²) in [4.78, 5) is 29.3. The molecule has 0 fully saturated rings. The van der Waals surface area contributed by atoms with Crippen LogP contribution in [-0.4, -0.2) is 33.9 Å². The molecule has 0 aliphatic carbocycles. The summed E-state index contributed by atoms with van der Waals surface area (Å²) in [5, 5.41) is 0. The van der Waals surface area contributed by atoms with E-state index in [1.165, 1.54) is 6.92 Å². The van der Waals surface area contributed by atoms with Crippen LogP contribution in [0, 0.1) is 0 Å². The number of amides is 1. The highest BCUT2D eigenvalue weighted by Crippen LogP contribution is 2.20. The van der Waals surface area contributed by atoms with Gasteiger partial charge in [-0.25, -0.2) is 4.79 Å². The molecule has 1 aliphatic heterocycles. The predicted molar refractivity (Wildman–Crippen MR) is 74.6 cm³/mol. The van der Waals surface area contributed by atoms with Crippen LogP contribution in [0.2, 0.25) is 0 Å². The van der Waals surface area contributed by atoms with Gasteiger partial charge in [-0.1, -0.05) is 0 Å². The summed E-state index contributed by atoms with van der Waals surface area (Å²) in [5.74, 6) is 0.00914. The average molecular weight is 276 g/mol. The number of fused-ring (bicyclic) bond motifs is 1. The maximum Gasteiger partial charge on any atom is 0.410 e. The van der Waals surface area contributed by atoms with E-state index in [2.05, 4.69) is 4.98 Å². The zero-order chi connectivity index (χ0) is 14.9. The first-order valence-electron chi connectivity index (χ1n) is 6.73. The highest BCUT2D eigenvalue weighted by molar-refractivity contribution is 5.93. The Kier molecular flexibility index (Phi) is 3.79. The molecule has 0 spiro atoms. The number of carbonyl (C=O) groups is 2. The molecule has 0 saturated heterocycles. The number of hydrogen-bond donors (Lipinski definition) is 0. The number of carbonyl (C=O) groups excluding carboxylic acids is 2. The lowest BCUT2D eigenvalue weighted by atomic mass is 10.0. The van der Waals surface area contributed by atoms with Crippen LogP contribution in [0.15, 0.2) is 12.3 Å². The maximum absolute atomic E-state index is 12.0. The molecule has 5 nitrogen and oxygen atoms in total. The van der Waals surface area contributed by atoms with Crippen molar-refractivity contribution in [3.8, 4) is 0 Å². The Labute approximate surface area is 118 Å². The highest BCUT2D eigenvalue weighted by atomic mass is 16.6. The van der Waals surface area contributed by atoms with Gasteiger partial charge in [-0.2, -0.15) is 0 Å². The molecule has 0 radical (unpaired) electrons. The normalized spacial score (nSPS) is 14.7. The van der Waals surface area contributed by atoms with E-state index in [9.17, 15) is 9.59 Å². The van der Waals surface area contributed by atoms with Crippen LogP contribution in [0.4, 0.5) is 4.79 Å². The van der Waals surface area contributed by atoms with Crippen molar-refractivity contribution in [3.05, 3.63) is 29.1 Å². The van der Waals surface area contributed by atoms with Crippen molar-refractivity contribution in [2.45, 2.75) is 46.3 Å². The van der Waals surface area contributed by atoms with Gasteiger partial charge in [0.25, 0.3) is 0 Å². The summed E-state index contributed by atoms with van der Waals surface area (Å²) in [7, 11) is 0. The number of pyridine rings is 1. The van der Waals surface area contributed by atoms with Gasteiger partial charge in [-0.15, -0.1) is 0 Å². The van der Waals surface area contributed by atoms with E-state index >= 15 is 0 Å². The molecule has 108 valence electrons. The molecule has 1 aromatic heterocycles. The lowest BCUT2D eigenvalue weighted by Crippen LogP contribution is -2.40. The van der Waals surface area contributed by atoms with Crippen molar-refractivity contribution in [2.75, 3.05) is 6.54 Å². The van der Waals surface area contributed by atoms with Gasteiger partial charge < -0.3 is 9.64 Å². The number of ketones is 1. The number of Topliss-reactive ketones (excluding diaryl/α,β-unsaturated/α-hetero) is 1. The van der Waals surface area contributed by atoms with Crippen molar-refractivity contribution in [3.63, 3.8) is 0 Å². The molecule has 2 rings (SSSR count). The fraction of sp³-hybridized carbons (Fsp3) is 0.533. The van der Waals surface area contributed by atoms with Crippen molar-refractivity contribution < 1.29 is 14.3 Å². The second kappa shape index (κ2) is 5.23. The fourth-order valence-corrected chi connectivity index (χ4v) is 2.09. The van der Waals surface area contributed by atoms with E-state index < -0.39 is 5.60 Å². The van der Waals surface area contributed by atoms with E-state index in [0.717, 1.165) is 11.3 Å². The first-order chi connectivity index (χ1) is 9.26. The van der Waals surface area contributed by atoms with Gasteiger partial charge in [0, 0.05) is 18.3 Å². The SMILES string of the molecule is CC(=O)c1cnc2c(c1)CCN(C(=O)OC(C)(C)C)C2. The van der Waals surface area contributed by atoms with Crippen molar-refractivity contribution >= 4 is 11.9 Å². The minimum atomic E-state index is -0.497. The number of nitrogens with zero attached hydrogens (tertiary/aromatic N) is 2. The van der Waals surface area contributed by atoms with Crippen LogP contribution in [-0.2, 0) is 17.7 Å². The molecule has 1 aliphatic rings. The number of aromatic nitrogens is 1. The molecule has 2 heterocycles. The zero-order valence-electron chi connectivity index (χ0n) is 12.4. The molecule has 0 unspecified atom stereocenters. The molecule has 0 atom stereocenters. The Bertz CT molecular complexity index is 547. The summed E-state index contributed by atoms with van der Waals surface area (Å²) >= 11 is 0. The quantitative estimate of drug-likeness (QED) is 0.740. The van der Waals surface area contributed by atoms with Crippen molar-refractivity contribution in [1.82, 2.24) is 9.88 Å². The van der Waals surface area contributed by atoms with E-state index in [4.69, 9.17) is 4.74 Å². The van der Waals surface area contributed by atoms with E-state index in [1.807, 2.05) is 26.8 Å². The first kappa shape index (κ1) is 14.5. The second-order valence-corrected chi connectivity index (χ2v) is 6.04. The van der Waals surface area contributed by atoms with Gasteiger partial charge in [0.2, 0.25) is 0 Å². The van der Waals surface area contributed by atoms with Gasteiger partial charge in [-0.3, -0.25) is 9.78 Å². The summed E-state index contributed by atoms with van der Waals surface area (Å²) in [6.07, 6.45) is 1.95. The standard InChI is InChI=1S/C15H20N2O3/c1-10(18)12-7-11-5-6-17(9-13(11)16-8-12)14(19)20-15(2,3)4/h7-8H,5-6,9H2,1-4H3. The first-order valence-corrected chi connectivity index (χ1v) is 6.73. The number of rotatable bonds is 1. The maximum atomic E-state index is 12.0. The average Bonchev–Trinajstić information content (AvgIpc) is 2.35. The molecular weight excluding hydrogens is 256 g/mol. The lowest BCUT2D eigenvalue weighted by Gasteiger charge is -2.30. The molecule has 20 heavy (non-hydrogen) atoms. The van der Waals surface area contributed by atoms with E-state index in [1.54, 1.807) is 11.1 Å². The lowest BCUT2D eigenvalue weighted by molar-refractivity contribution is 0.0220. The molecule has 1 aromatic rings. The summed E-state index contributed by atoms with van der Waals surface area (Å²) in [5.41, 5.74) is 2.00. The Morgan fingerprint density at radius 3 is 2.65 bits per heavy atom. The van der Waals surface area contributed by atoms with Crippen LogP contribution in [0.1, 0.15) is 49.3 Å². The van der Waals surface area contributed by atoms with Gasteiger partial charge in [-0.05, 0) is 45.7 Å². The molecular formula is C15H20N2O3. The van der Waals surface area contributed by atoms with E-state index in [0.29, 0.717) is 25.1 Å². The zero-order valence-corrected chi connectivity index (χ0v) is 12.4. The number of hydrogen-bond acceptors (Lipinski definition) is 4. The van der Waals surface area contributed by atoms with E-state index in [-0.39, 0.29) is 11.9 Å². The van der Waals surface area contributed by atoms with Gasteiger partial charge >= 0.3 is 6.09 Å². The molecule has 1 amide bonds. The Hall–Kier alpha value is -1.91. The summed E-state index contributed by atoms with van der Waals surface area (Å²) in [6.45, 7) is 8.09. The highest BCUT2D eigenvalue weighted by Gasteiger charge is 2.26. The molecule has 0 bridgehead atoms. The molecule has 0 N–H and O–H groups in total. The van der Waals surface area contributed by atoms with Crippen LogP contribution in [0.5, 0.6) is 0 Å². The molecule has 0 saturated carbocycles. The van der Waals surface area contributed by atoms with Crippen LogP contribution < -0.4 is 0 Å². The Morgan fingerprint density at radius 2 is 2.05 bits per heavy atom. The van der Waals surface area contributed by atoms with Crippen LogP contribution in [0.3, 0.4) is 0 Å². The second-order valence-electron chi connectivity index (χ2n) is 6.04. The third kappa shape index (κ3) is 3.35. The number of ether oxygens (including phenoxy) is 1. The smallest absolute Gasteiger partial charge is 0.410 e. The monoisotopic (exact) mass is 276 g/mol. The Morgan fingerprint density at radius 1 is 1.35 bits per heavy atom. The van der Waals surface area contributed by atoms with Crippen molar-refractivity contribution in [1.29, 1.82) is 0 Å². The fourth-order valence-electron chi connectivity index (χ4n) is 2.09. The van der Waals surface area contributed by atoms with Gasteiger partial charge in [0.15, 0.2) is 5.78 Å². The third-order valence-electron chi connectivity index (χ3n) is 3.11. The predicted octanol–water partition coefficient (Wildman–Crippen LogP) is 2.58. The summed E-state index contributed by atoms with van der Waals surface area (Å²) in [6, 6.07) is 1.87. The van der Waals surface area contributed by atoms with Crippen LogP contribution in [0.25, 0.3) is 0 Å². The topological polar surface area (TPSA) is 59.5 Å².